The highest BCUT2D eigenvalue weighted by atomic mass is 16.5. The molecular weight excluding hydrogens is 328 g/mol. The molecule has 6 heteroatoms. The number of aromatic nitrogens is 3. The number of nitrogens with one attached hydrogen (secondary N) is 1. The van der Waals surface area contributed by atoms with Crippen molar-refractivity contribution in [3.8, 4) is 0 Å². The van der Waals surface area contributed by atoms with Gasteiger partial charge in [-0.15, -0.1) is 0 Å². The molecule has 1 amide bonds. The van der Waals surface area contributed by atoms with Crippen LogP contribution in [0.3, 0.4) is 0 Å². The standard InChI is InChI=1S/C20H16N4O2/c1-11-18-15(9-17(12-6-7-12)23-20(18)26-24-11)19(25)22-14-8-13-4-2-3-5-16(13)21-10-14/h2-5,8-10,12H,6-7H2,1H3,(H,22,25). The fourth-order valence-electron chi connectivity index (χ4n) is 3.22. The monoisotopic (exact) mass is 344 g/mol. The number of hydrogen-bond donors (Lipinski definition) is 1. The molecule has 0 saturated heterocycles. The molecule has 1 aromatic carbocycles. The van der Waals surface area contributed by atoms with E-state index in [1.54, 1.807) is 6.20 Å². The molecule has 0 bridgehead atoms. The predicted octanol–water partition coefficient (Wildman–Crippen LogP) is 4.21. The Morgan fingerprint density at radius 3 is 2.92 bits per heavy atom. The Hall–Kier alpha value is -3.28. The van der Waals surface area contributed by atoms with E-state index in [2.05, 4.69) is 20.4 Å². The zero-order valence-electron chi connectivity index (χ0n) is 14.2. The summed E-state index contributed by atoms with van der Waals surface area (Å²) in [4.78, 5) is 21.9. The average molecular weight is 344 g/mol. The lowest BCUT2D eigenvalue weighted by Gasteiger charge is -2.08. The molecule has 1 aliphatic rings. The van der Waals surface area contributed by atoms with Crippen molar-refractivity contribution in [3.05, 3.63) is 59.5 Å². The summed E-state index contributed by atoms with van der Waals surface area (Å²) in [6, 6.07) is 11.6. The molecule has 0 unspecified atom stereocenters. The van der Waals surface area contributed by atoms with Crippen LogP contribution in [0.15, 0.2) is 47.1 Å². The van der Waals surface area contributed by atoms with Crippen molar-refractivity contribution in [2.24, 2.45) is 0 Å². The smallest absolute Gasteiger partial charge is 0.259 e. The summed E-state index contributed by atoms with van der Waals surface area (Å²) in [5.41, 5.74) is 4.08. The minimum Gasteiger partial charge on any atom is -0.336 e. The van der Waals surface area contributed by atoms with Gasteiger partial charge in [0, 0.05) is 17.0 Å². The lowest BCUT2D eigenvalue weighted by molar-refractivity contribution is 0.102. The number of rotatable bonds is 3. The van der Waals surface area contributed by atoms with E-state index >= 15 is 0 Å². The van der Waals surface area contributed by atoms with Gasteiger partial charge in [-0.05, 0) is 38.0 Å². The number of fused-ring (bicyclic) bond motifs is 2. The van der Waals surface area contributed by atoms with Crippen molar-refractivity contribution in [2.45, 2.75) is 25.7 Å². The third kappa shape index (κ3) is 2.50. The van der Waals surface area contributed by atoms with Crippen LogP contribution < -0.4 is 5.32 Å². The van der Waals surface area contributed by atoms with Crippen molar-refractivity contribution >= 4 is 33.6 Å². The van der Waals surface area contributed by atoms with Gasteiger partial charge in [-0.25, -0.2) is 4.98 Å². The first-order valence-electron chi connectivity index (χ1n) is 8.62. The van der Waals surface area contributed by atoms with Crippen LogP contribution in [0.25, 0.3) is 22.0 Å². The van der Waals surface area contributed by atoms with Crippen LogP contribution in [0.1, 0.15) is 40.5 Å². The van der Waals surface area contributed by atoms with Gasteiger partial charge in [-0.1, -0.05) is 23.4 Å². The number of amides is 1. The minimum atomic E-state index is -0.206. The van der Waals surface area contributed by atoms with E-state index in [9.17, 15) is 4.79 Å². The summed E-state index contributed by atoms with van der Waals surface area (Å²) >= 11 is 0. The first kappa shape index (κ1) is 15.0. The molecule has 1 aliphatic carbocycles. The van der Waals surface area contributed by atoms with Crippen molar-refractivity contribution in [2.75, 3.05) is 5.32 Å². The van der Waals surface area contributed by atoms with Gasteiger partial charge in [-0.2, -0.15) is 0 Å². The van der Waals surface area contributed by atoms with E-state index in [-0.39, 0.29) is 5.91 Å². The van der Waals surface area contributed by atoms with Crippen LogP contribution in [-0.4, -0.2) is 21.0 Å². The maximum absolute atomic E-state index is 13.0. The quantitative estimate of drug-likeness (QED) is 0.602. The second-order valence-electron chi connectivity index (χ2n) is 6.69. The molecule has 0 aliphatic heterocycles. The first-order chi connectivity index (χ1) is 12.7. The van der Waals surface area contributed by atoms with Crippen LogP contribution in [0.4, 0.5) is 5.69 Å². The predicted molar refractivity (Wildman–Crippen MR) is 98.2 cm³/mol. The summed E-state index contributed by atoms with van der Waals surface area (Å²) in [7, 11) is 0. The molecule has 1 saturated carbocycles. The zero-order valence-corrected chi connectivity index (χ0v) is 14.2. The lowest BCUT2D eigenvalue weighted by Crippen LogP contribution is -2.13. The second kappa shape index (κ2) is 5.62. The molecule has 4 aromatic rings. The van der Waals surface area contributed by atoms with E-state index in [1.807, 2.05) is 43.3 Å². The highest BCUT2D eigenvalue weighted by Gasteiger charge is 2.28. The van der Waals surface area contributed by atoms with Crippen LogP contribution in [0.5, 0.6) is 0 Å². The number of para-hydroxylation sites is 1. The Morgan fingerprint density at radius 2 is 2.08 bits per heavy atom. The molecule has 1 fully saturated rings. The lowest BCUT2D eigenvalue weighted by atomic mass is 10.1. The Balaban J connectivity index is 1.55. The normalized spacial score (nSPS) is 14.0. The van der Waals surface area contributed by atoms with Crippen molar-refractivity contribution in [3.63, 3.8) is 0 Å². The largest absolute Gasteiger partial charge is 0.336 e. The maximum Gasteiger partial charge on any atom is 0.259 e. The fourth-order valence-corrected chi connectivity index (χ4v) is 3.22. The van der Waals surface area contributed by atoms with E-state index < -0.39 is 0 Å². The third-order valence-corrected chi connectivity index (χ3v) is 4.73. The molecule has 3 aromatic heterocycles. The molecule has 0 spiro atoms. The topological polar surface area (TPSA) is 80.9 Å². The molecular formula is C20H16N4O2. The number of carbonyl (C=O) groups excluding carboxylic acids is 1. The van der Waals surface area contributed by atoms with Gasteiger partial charge in [0.05, 0.1) is 34.0 Å². The molecule has 0 radical (unpaired) electrons. The van der Waals surface area contributed by atoms with Gasteiger partial charge in [0.25, 0.3) is 11.6 Å². The van der Waals surface area contributed by atoms with Gasteiger partial charge in [0.2, 0.25) is 0 Å². The summed E-state index contributed by atoms with van der Waals surface area (Å²) in [6.07, 6.45) is 3.86. The maximum atomic E-state index is 13.0. The summed E-state index contributed by atoms with van der Waals surface area (Å²) in [6.45, 7) is 1.82. The van der Waals surface area contributed by atoms with Crippen molar-refractivity contribution in [1.82, 2.24) is 15.1 Å². The number of hydrogen-bond acceptors (Lipinski definition) is 5. The number of benzene rings is 1. The number of pyridine rings is 2. The zero-order chi connectivity index (χ0) is 17.7. The van der Waals surface area contributed by atoms with Crippen LogP contribution in [0, 0.1) is 6.92 Å². The van der Waals surface area contributed by atoms with Gasteiger partial charge in [0.1, 0.15) is 0 Å². The summed E-state index contributed by atoms with van der Waals surface area (Å²) in [5, 5.41) is 8.57. The highest BCUT2D eigenvalue weighted by Crippen LogP contribution is 2.40. The molecule has 6 nitrogen and oxygen atoms in total. The summed E-state index contributed by atoms with van der Waals surface area (Å²) < 4.78 is 5.31. The van der Waals surface area contributed by atoms with E-state index in [0.717, 1.165) is 29.4 Å². The molecule has 128 valence electrons. The molecule has 26 heavy (non-hydrogen) atoms. The molecule has 3 heterocycles. The Morgan fingerprint density at radius 1 is 1.23 bits per heavy atom. The fraction of sp³-hybridized carbons (Fsp3) is 0.200. The van der Waals surface area contributed by atoms with Crippen molar-refractivity contribution < 1.29 is 9.32 Å². The Bertz CT molecular complexity index is 1160. The minimum absolute atomic E-state index is 0.206. The first-order valence-corrected chi connectivity index (χ1v) is 8.62. The Kier molecular flexibility index (Phi) is 3.25. The molecule has 1 N–H and O–H groups in total. The summed E-state index contributed by atoms with van der Waals surface area (Å²) in [5.74, 6) is 0.210. The van der Waals surface area contributed by atoms with Gasteiger partial charge in [-0.3, -0.25) is 9.78 Å². The average Bonchev–Trinajstić information content (AvgIpc) is 3.45. The van der Waals surface area contributed by atoms with Crippen LogP contribution >= 0.6 is 0 Å². The second-order valence-corrected chi connectivity index (χ2v) is 6.69. The van der Waals surface area contributed by atoms with E-state index in [4.69, 9.17) is 4.52 Å². The highest BCUT2D eigenvalue weighted by molar-refractivity contribution is 6.12. The van der Waals surface area contributed by atoms with E-state index in [1.165, 1.54) is 0 Å². The SMILES string of the molecule is Cc1noc2nc(C3CC3)cc(C(=O)Nc3cnc4ccccc4c3)c12. The molecule has 5 rings (SSSR count). The van der Waals surface area contributed by atoms with Crippen LogP contribution in [-0.2, 0) is 0 Å². The number of carbonyl (C=O) groups is 1. The van der Waals surface area contributed by atoms with E-state index in [0.29, 0.717) is 34.0 Å². The third-order valence-electron chi connectivity index (χ3n) is 4.73. The number of anilines is 1. The number of aryl methyl sites for hydroxylation is 1. The van der Waals surface area contributed by atoms with Crippen molar-refractivity contribution in [1.29, 1.82) is 0 Å². The molecule has 0 atom stereocenters. The van der Waals surface area contributed by atoms with Crippen LogP contribution in [0.2, 0.25) is 0 Å². The van der Waals surface area contributed by atoms with Gasteiger partial charge in [0.15, 0.2) is 0 Å². The number of nitrogens with zero attached hydrogens (tertiary/aromatic N) is 3. The van der Waals surface area contributed by atoms with Gasteiger partial charge < -0.3 is 9.84 Å². The Labute approximate surface area is 149 Å². The van der Waals surface area contributed by atoms with Gasteiger partial charge >= 0.3 is 0 Å².